The van der Waals surface area contributed by atoms with Gasteiger partial charge in [-0.15, -0.1) is 0 Å². The van der Waals surface area contributed by atoms with Crippen LogP contribution in [-0.2, 0) is 4.74 Å². The summed E-state index contributed by atoms with van der Waals surface area (Å²) in [6.07, 6.45) is 9.62. The molecule has 3 rings (SSSR count). The van der Waals surface area contributed by atoms with E-state index in [9.17, 15) is 9.59 Å². The van der Waals surface area contributed by atoms with Gasteiger partial charge in [0.15, 0.2) is 0 Å². The molecular formula is C30H45N2O5+. The van der Waals surface area contributed by atoms with E-state index in [0.29, 0.717) is 35.8 Å². The number of amides is 1. The number of carbonyl (C=O) groups is 2. The third-order valence-corrected chi connectivity index (χ3v) is 6.78. The van der Waals surface area contributed by atoms with Gasteiger partial charge in [-0.3, -0.25) is 4.79 Å². The molecule has 0 aromatic heterocycles. The SMILES string of the molecule is CCCCCCCCOc1ccccc1C(=O)Nc1ccc(C(=O)OCC[N+]2(C)CCCC2)cc1.CO. The summed E-state index contributed by atoms with van der Waals surface area (Å²) in [7, 11) is 3.22. The molecule has 0 aliphatic carbocycles. The van der Waals surface area contributed by atoms with Crippen LogP contribution in [0.3, 0.4) is 0 Å². The Bertz CT molecular complexity index is 939. The lowest BCUT2D eigenvalue weighted by atomic mass is 10.1. The third kappa shape index (κ3) is 10.5. The van der Waals surface area contributed by atoms with Gasteiger partial charge in [-0.05, 0) is 42.8 Å². The summed E-state index contributed by atoms with van der Waals surface area (Å²) >= 11 is 0. The molecule has 2 N–H and O–H groups in total. The van der Waals surface area contributed by atoms with E-state index < -0.39 is 0 Å². The van der Waals surface area contributed by atoms with Crippen molar-refractivity contribution in [3.63, 3.8) is 0 Å². The lowest BCUT2D eigenvalue weighted by Gasteiger charge is -2.28. The number of aliphatic hydroxyl groups is 1. The zero-order valence-corrected chi connectivity index (χ0v) is 22.8. The van der Waals surface area contributed by atoms with Crippen molar-refractivity contribution in [3.8, 4) is 5.75 Å². The van der Waals surface area contributed by atoms with Gasteiger partial charge in [-0.1, -0.05) is 51.2 Å². The fraction of sp³-hybridized carbons (Fsp3) is 0.533. The summed E-state index contributed by atoms with van der Waals surface area (Å²) in [4.78, 5) is 25.3. The fourth-order valence-corrected chi connectivity index (χ4v) is 4.50. The number of nitrogens with zero attached hydrogens (tertiary/aromatic N) is 1. The summed E-state index contributed by atoms with van der Waals surface area (Å²) in [5, 5.41) is 9.90. The van der Waals surface area contributed by atoms with Gasteiger partial charge in [0.05, 0.1) is 37.9 Å². The van der Waals surface area contributed by atoms with Crippen LogP contribution in [0, 0.1) is 0 Å². The van der Waals surface area contributed by atoms with E-state index in [1.165, 1.54) is 38.5 Å². The Morgan fingerprint density at radius 2 is 1.54 bits per heavy atom. The highest BCUT2D eigenvalue weighted by molar-refractivity contribution is 6.06. The summed E-state index contributed by atoms with van der Waals surface area (Å²) in [6, 6.07) is 14.1. The van der Waals surface area contributed by atoms with E-state index in [2.05, 4.69) is 19.3 Å². The first-order chi connectivity index (χ1) is 18.0. The number of aliphatic hydroxyl groups excluding tert-OH is 1. The summed E-state index contributed by atoms with van der Waals surface area (Å²) in [5.74, 6) is 0.0247. The van der Waals surface area contributed by atoms with Crippen LogP contribution < -0.4 is 10.1 Å². The molecule has 204 valence electrons. The molecule has 7 nitrogen and oxygen atoms in total. The normalized spacial score (nSPS) is 13.8. The van der Waals surface area contributed by atoms with Crippen LogP contribution in [0.4, 0.5) is 5.69 Å². The Hall–Kier alpha value is -2.90. The molecule has 1 heterocycles. The van der Waals surface area contributed by atoms with Crippen molar-refractivity contribution >= 4 is 17.6 Å². The number of benzene rings is 2. The second kappa shape index (κ2) is 16.8. The predicted octanol–water partition coefficient (Wildman–Crippen LogP) is 5.68. The van der Waals surface area contributed by atoms with E-state index in [-0.39, 0.29) is 11.9 Å². The fourth-order valence-electron chi connectivity index (χ4n) is 4.50. The van der Waals surface area contributed by atoms with Gasteiger partial charge in [0, 0.05) is 25.6 Å². The molecule has 7 heteroatoms. The quantitative estimate of drug-likeness (QED) is 0.193. The highest BCUT2D eigenvalue weighted by Gasteiger charge is 2.26. The summed E-state index contributed by atoms with van der Waals surface area (Å²) in [5.41, 5.74) is 1.60. The van der Waals surface area contributed by atoms with Crippen molar-refractivity contribution in [1.82, 2.24) is 0 Å². The predicted molar refractivity (Wildman–Crippen MR) is 148 cm³/mol. The molecule has 1 fully saturated rings. The number of hydrogen-bond donors (Lipinski definition) is 2. The van der Waals surface area contributed by atoms with E-state index >= 15 is 0 Å². The van der Waals surface area contributed by atoms with Gasteiger partial charge < -0.3 is 24.4 Å². The average molecular weight is 514 g/mol. The molecule has 0 bridgehead atoms. The number of rotatable bonds is 14. The van der Waals surface area contributed by atoms with Gasteiger partial charge in [-0.2, -0.15) is 0 Å². The molecule has 37 heavy (non-hydrogen) atoms. The Morgan fingerprint density at radius 1 is 0.892 bits per heavy atom. The second-order valence-electron chi connectivity index (χ2n) is 9.78. The van der Waals surface area contributed by atoms with Crippen LogP contribution in [0.1, 0.15) is 79.0 Å². The zero-order chi connectivity index (χ0) is 26.9. The van der Waals surface area contributed by atoms with E-state index in [4.69, 9.17) is 14.6 Å². The Labute approximate surface area is 222 Å². The molecule has 1 amide bonds. The van der Waals surface area contributed by atoms with Crippen LogP contribution in [0.15, 0.2) is 48.5 Å². The lowest BCUT2D eigenvalue weighted by Crippen LogP contribution is -2.43. The number of ether oxygens (including phenoxy) is 2. The van der Waals surface area contributed by atoms with Crippen molar-refractivity contribution in [1.29, 1.82) is 0 Å². The standard InChI is InChI=1S/C29H40N2O4.CH4O/c1-3-4-5-6-7-12-22-34-27-14-9-8-13-26(27)28(32)30-25-17-15-24(16-18-25)29(33)35-23-21-31(2)19-10-11-20-31;1-2/h8-9,13-18H,3-7,10-12,19-23H2,1-2H3;2H,1H3/p+1. The number of esters is 1. The van der Waals surface area contributed by atoms with Gasteiger partial charge in [-0.25, -0.2) is 4.79 Å². The average Bonchev–Trinajstić information content (AvgIpc) is 3.36. The smallest absolute Gasteiger partial charge is 0.338 e. The maximum absolute atomic E-state index is 12.9. The Balaban J connectivity index is 0.00000235. The minimum atomic E-state index is -0.331. The molecular weight excluding hydrogens is 468 g/mol. The zero-order valence-electron chi connectivity index (χ0n) is 22.8. The minimum absolute atomic E-state index is 0.235. The van der Waals surface area contributed by atoms with Crippen LogP contribution in [0.5, 0.6) is 5.75 Å². The van der Waals surface area contributed by atoms with Crippen molar-refractivity contribution in [2.75, 3.05) is 52.3 Å². The molecule has 1 aliphatic rings. The number of quaternary nitrogens is 1. The van der Waals surface area contributed by atoms with Crippen molar-refractivity contribution in [3.05, 3.63) is 59.7 Å². The first-order valence-electron chi connectivity index (χ1n) is 13.6. The summed E-state index contributed by atoms with van der Waals surface area (Å²) in [6.45, 7) is 6.39. The Kier molecular flexibility index (Phi) is 13.7. The van der Waals surface area contributed by atoms with Gasteiger partial charge >= 0.3 is 5.97 Å². The van der Waals surface area contributed by atoms with E-state index in [1.54, 1.807) is 30.3 Å². The Morgan fingerprint density at radius 3 is 2.24 bits per heavy atom. The largest absolute Gasteiger partial charge is 0.493 e. The number of likely N-dealkylation sites (N-methyl/N-ethyl adjacent to an activating group) is 1. The number of unbranched alkanes of at least 4 members (excludes halogenated alkanes) is 5. The van der Waals surface area contributed by atoms with Gasteiger partial charge in [0.1, 0.15) is 18.9 Å². The maximum atomic E-state index is 12.9. The van der Waals surface area contributed by atoms with Crippen LogP contribution in [-0.4, -0.2) is 68.5 Å². The topological polar surface area (TPSA) is 84.9 Å². The van der Waals surface area contributed by atoms with E-state index in [0.717, 1.165) is 44.1 Å². The number of nitrogens with one attached hydrogen (secondary N) is 1. The molecule has 0 unspecified atom stereocenters. The van der Waals surface area contributed by atoms with Gasteiger partial charge in [0.25, 0.3) is 5.91 Å². The molecule has 1 aliphatic heterocycles. The number of para-hydroxylation sites is 1. The second-order valence-corrected chi connectivity index (χ2v) is 9.78. The highest BCUT2D eigenvalue weighted by Crippen LogP contribution is 2.21. The first kappa shape index (κ1) is 30.3. The van der Waals surface area contributed by atoms with Crippen LogP contribution >= 0.6 is 0 Å². The molecule has 2 aromatic carbocycles. The first-order valence-corrected chi connectivity index (χ1v) is 13.6. The maximum Gasteiger partial charge on any atom is 0.338 e. The van der Waals surface area contributed by atoms with Gasteiger partial charge in [0.2, 0.25) is 0 Å². The molecule has 0 saturated carbocycles. The summed E-state index contributed by atoms with van der Waals surface area (Å²) < 4.78 is 12.4. The monoisotopic (exact) mass is 513 g/mol. The molecule has 2 aromatic rings. The minimum Gasteiger partial charge on any atom is -0.493 e. The molecule has 0 atom stereocenters. The van der Waals surface area contributed by atoms with Crippen LogP contribution in [0.25, 0.3) is 0 Å². The highest BCUT2D eigenvalue weighted by atomic mass is 16.5. The van der Waals surface area contributed by atoms with Crippen molar-refractivity contribution < 1.29 is 28.7 Å². The molecule has 0 spiro atoms. The number of hydrogen-bond acceptors (Lipinski definition) is 5. The molecule has 1 saturated heterocycles. The number of carbonyl (C=O) groups excluding carboxylic acids is 2. The van der Waals surface area contributed by atoms with E-state index in [1.807, 2.05) is 18.2 Å². The number of anilines is 1. The third-order valence-electron chi connectivity index (χ3n) is 6.78. The van der Waals surface area contributed by atoms with Crippen molar-refractivity contribution in [2.45, 2.75) is 58.3 Å². The lowest BCUT2D eigenvalue weighted by molar-refractivity contribution is -0.897. The van der Waals surface area contributed by atoms with Crippen LogP contribution in [0.2, 0.25) is 0 Å². The number of likely N-dealkylation sites (tertiary alicyclic amines) is 1. The van der Waals surface area contributed by atoms with Crippen molar-refractivity contribution in [2.24, 2.45) is 0 Å². The molecule has 0 radical (unpaired) electrons.